The van der Waals surface area contributed by atoms with Crippen LogP contribution in [0.25, 0.3) is 0 Å². The predicted molar refractivity (Wildman–Crippen MR) is 181 cm³/mol. The van der Waals surface area contributed by atoms with Crippen LogP contribution in [0.3, 0.4) is 0 Å². The van der Waals surface area contributed by atoms with E-state index in [2.05, 4.69) is 5.32 Å². The number of hydrogen-bond donors (Lipinski definition) is 1. The lowest BCUT2D eigenvalue weighted by molar-refractivity contribution is -0.140. The Balaban J connectivity index is 1.81. The molecule has 0 saturated carbocycles. The van der Waals surface area contributed by atoms with Gasteiger partial charge in [-0.05, 0) is 66.9 Å². The lowest BCUT2D eigenvalue weighted by Gasteiger charge is -2.34. The molecule has 0 aromatic heterocycles. The third kappa shape index (κ3) is 9.01. The van der Waals surface area contributed by atoms with E-state index in [1.165, 1.54) is 35.2 Å². The molecule has 1 atom stereocenters. The molecule has 0 aliphatic rings. The number of sulfonamides is 1. The molecule has 4 aromatic rings. The second-order valence-electron chi connectivity index (χ2n) is 10.6. The first-order valence-electron chi connectivity index (χ1n) is 14.4. The first-order valence-corrected chi connectivity index (χ1v) is 17.0. The Morgan fingerprint density at radius 3 is 2.11 bits per heavy atom. The van der Waals surface area contributed by atoms with Crippen LogP contribution in [0.15, 0.2) is 102 Å². The van der Waals surface area contributed by atoms with E-state index in [-0.39, 0.29) is 39.5 Å². The van der Waals surface area contributed by atoms with Gasteiger partial charge in [0.15, 0.2) is 0 Å². The Morgan fingerprint density at radius 1 is 0.822 bits per heavy atom. The Hall–Kier alpha value is -3.56. The van der Waals surface area contributed by atoms with Gasteiger partial charge in [0.25, 0.3) is 10.0 Å². The Labute approximate surface area is 279 Å². The second kappa shape index (κ2) is 15.6. The maximum atomic E-state index is 14.4. The summed E-state index contributed by atoms with van der Waals surface area (Å²) in [5.41, 5.74) is 2.59. The highest BCUT2D eigenvalue weighted by Crippen LogP contribution is 2.31. The Bertz CT molecular complexity index is 1720. The van der Waals surface area contributed by atoms with Crippen LogP contribution in [0, 0.1) is 6.92 Å². The van der Waals surface area contributed by atoms with Gasteiger partial charge in [0, 0.05) is 24.5 Å². The van der Waals surface area contributed by atoms with Gasteiger partial charge in [-0.15, -0.1) is 0 Å². The third-order valence-electron chi connectivity index (χ3n) is 7.17. The van der Waals surface area contributed by atoms with Crippen molar-refractivity contribution in [3.8, 4) is 0 Å². The highest BCUT2D eigenvalue weighted by molar-refractivity contribution is 7.92. The largest absolute Gasteiger partial charge is 0.354 e. The quantitative estimate of drug-likeness (QED) is 0.160. The summed E-state index contributed by atoms with van der Waals surface area (Å²) in [6.45, 7) is 3.64. The fourth-order valence-corrected chi connectivity index (χ4v) is 6.54. The summed E-state index contributed by atoms with van der Waals surface area (Å²) < 4.78 is 29.2. The number of halogens is 3. The number of nitrogens with zero attached hydrogens (tertiary/aromatic N) is 2. The molecule has 0 aliphatic carbocycles. The van der Waals surface area contributed by atoms with Gasteiger partial charge in [0.05, 0.1) is 20.6 Å². The zero-order valence-electron chi connectivity index (χ0n) is 24.9. The predicted octanol–water partition coefficient (Wildman–Crippen LogP) is 7.32. The Kier molecular flexibility index (Phi) is 11.9. The Morgan fingerprint density at radius 2 is 1.49 bits per heavy atom. The number of rotatable bonds is 13. The maximum Gasteiger partial charge on any atom is 0.264 e. The maximum absolute atomic E-state index is 14.4. The van der Waals surface area contributed by atoms with Gasteiger partial charge in [-0.2, -0.15) is 0 Å². The molecule has 0 saturated heterocycles. The van der Waals surface area contributed by atoms with E-state index in [0.717, 1.165) is 21.0 Å². The first-order chi connectivity index (χ1) is 21.5. The minimum Gasteiger partial charge on any atom is -0.354 e. The van der Waals surface area contributed by atoms with Crippen molar-refractivity contribution in [2.75, 3.05) is 17.4 Å². The molecule has 0 aliphatic heterocycles. The van der Waals surface area contributed by atoms with Gasteiger partial charge < -0.3 is 10.2 Å². The molecule has 1 N–H and O–H groups in total. The van der Waals surface area contributed by atoms with Crippen molar-refractivity contribution in [1.82, 2.24) is 10.2 Å². The van der Waals surface area contributed by atoms with Crippen LogP contribution in [0.5, 0.6) is 0 Å². The zero-order valence-corrected chi connectivity index (χ0v) is 28.0. The molecule has 0 radical (unpaired) electrons. The number of aryl methyl sites for hydroxylation is 1. The van der Waals surface area contributed by atoms with Crippen LogP contribution in [-0.2, 0) is 32.6 Å². The van der Waals surface area contributed by atoms with Crippen molar-refractivity contribution >= 4 is 62.3 Å². The molecule has 236 valence electrons. The summed E-state index contributed by atoms with van der Waals surface area (Å²) in [6, 6.07) is 26.1. The minimum atomic E-state index is -4.26. The average molecular weight is 687 g/mol. The second-order valence-corrected chi connectivity index (χ2v) is 13.7. The topological polar surface area (TPSA) is 86.8 Å². The van der Waals surface area contributed by atoms with E-state index >= 15 is 0 Å². The number of anilines is 1. The molecular formula is C34H34Cl3N3O4S. The van der Waals surface area contributed by atoms with Gasteiger partial charge in [-0.1, -0.05) is 102 Å². The van der Waals surface area contributed by atoms with E-state index in [1.807, 2.05) is 44.2 Å². The summed E-state index contributed by atoms with van der Waals surface area (Å²) in [5, 5.41) is 3.81. The van der Waals surface area contributed by atoms with E-state index in [0.29, 0.717) is 18.0 Å². The van der Waals surface area contributed by atoms with E-state index in [9.17, 15) is 18.0 Å². The molecule has 11 heteroatoms. The first kappa shape index (κ1) is 34.3. The summed E-state index contributed by atoms with van der Waals surface area (Å²) in [6.07, 6.45) is 0.919. The van der Waals surface area contributed by atoms with Gasteiger partial charge in [0.2, 0.25) is 11.8 Å². The van der Waals surface area contributed by atoms with Crippen molar-refractivity contribution < 1.29 is 18.0 Å². The molecule has 4 aromatic carbocycles. The van der Waals surface area contributed by atoms with Crippen molar-refractivity contribution in [2.24, 2.45) is 0 Å². The summed E-state index contributed by atoms with van der Waals surface area (Å²) >= 11 is 18.6. The van der Waals surface area contributed by atoms with Crippen molar-refractivity contribution in [3.63, 3.8) is 0 Å². The third-order valence-corrected chi connectivity index (χ3v) is 9.94. The number of carbonyl (C=O) groups is 2. The van der Waals surface area contributed by atoms with E-state index < -0.39 is 28.5 Å². The average Bonchev–Trinajstić information content (AvgIpc) is 3.03. The highest BCUT2D eigenvalue weighted by Gasteiger charge is 2.34. The summed E-state index contributed by atoms with van der Waals surface area (Å²) in [5.74, 6) is -0.926. The normalized spacial score (nSPS) is 11.9. The van der Waals surface area contributed by atoms with Crippen LogP contribution < -0.4 is 9.62 Å². The lowest BCUT2D eigenvalue weighted by atomic mass is 10.0. The van der Waals surface area contributed by atoms with Gasteiger partial charge in [-0.3, -0.25) is 13.9 Å². The van der Waals surface area contributed by atoms with Crippen LogP contribution >= 0.6 is 34.8 Å². The minimum absolute atomic E-state index is 0.00209. The monoisotopic (exact) mass is 685 g/mol. The highest BCUT2D eigenvalue weighted by atomic mass is 35.5. The number of benzene rings is 4. The molecule has 7 nitrogen and oxygen atoms in total. The standard InChI is InChI=1S/C34H34Cl3N3O4S/c1-3-19-38-34(42)32(20-25-7-5-4-6-8-25)39(22-26-11-13-27(35)14-12-26)33(41)23-40(28-15-18-30(36)31(37)21-28)45(43,44)29-16-9-24(2)10-17-29/h4-18,21,32H,3,19-20,22-23H2,1-2H3,(H,38,42)/t32-/m1/s1. The molecular weight excluding hydrogens is 653 g/mol. The molecule has 4 rings (SSSR count). The van der Waals surface area contributed by atoms with Gasteiger partial charge >= 0.3 is 0 Å². The molecule has 45 heavy (non-hydrogen) atoms. The molecule has 0 fully saturated rings. The number of amides is 2. The van der Waals surface area contributed by atoms with Crippen LogP contribution in [0.4, 0.5) is 5.69 Å². The SMILES string of the molecule is CCCNC(=O)[C@@H](Cc1ccccc1)N(Cc1ccc(Cl)cc1)C(=O)CN(c1ccc(Cl)c(Cl)c1)S(=O)(=O)c1ccc(C)cc1. The zero-order chi connectivity index (χ0) is 32.6. The summed E-state index contributed by atoms with van der Waals surface area (Å²) in [7, 11) is -4.26. The van der Waals surface area contributed by atoms with Crippen LogP contribution in [0.2, 0.25) is 15.1 Å². The van der Waals surface area contributed by atoms with E-state index in [1.54, 1.807) is 36.4 Å². The number of carbonyl (C=O) groups excluding carboxylic acids is 2. The van der Waals surface area contributed by atoms with Gasteiger partial charge in [-0.25, -0.2) is 8.42 Å². The van der Waals surface area contributed by atoms with Crippen LogP contribution in [-0.4, -0.2) is 44.3 Å². The number of nitrogens with one attached hydrogen (secondary N) is 1. The molecule has 2 amide bonds. The smallest absolute Gasteiger partial charge is 0.264 e. The summed E-state index contributed by atoms with van der Waals surface area (Å²) in [4.78, 5) is 29.6. The number of hydrogen-bond acceptors (Lipinski definition) is 4. The fraction of sp³-hybridized carbons (Fsp3) is 0.235. The van der Waals surface area contributed by atoms with Gasteiger partial charge in [0.1, 0.15) is 12.6 Å². The van der Waals surface area contributed by atoms with Crippen molar-refractivity contribution in [2.45, 2.75) is 44.2 Å². The molecule has 0 spiro atoms. The molecule has 0 bridgehead atoms. The van der Waals surface area contributed by atoms with E-state index in [4.69, 9.17) is 34.8 Å². The fourth-order valence-electron chi connectivity index (χ4n) is 4.71. The van der Waals surface area contributed by atoms with Crippen LogP contribution in [0.1, 0.15) is 30.0 Å². The molecule has 0 unspecified atom stereocenters. The van der Waals surface area contributed by atoms with Crippen molar-refractivity contribution in [1.29, 1.82) is 0 Å². The lowest BCUT2D eigenvalue weighted by Crippen LogP contribution is -2.53. The molecule has 0 heterocycles. The van der Waals surface area contributed by atoms with Crippen molar-refractivity contribution in [3.05, 3.63) is 129 Å².